The number of nitrogens with one attached hydrogen (secondary N) is 1. The largest absolute Gasteiger partial charge is 0.395 e. The van der Waals surface area contributed by atoms with Gasteiger partial charge >= 0.3 is 0 Å². The van der Waals surface area contributed by atoms with Crippen molar-refractivity contribution in [2.45, 2.75) is 19.8 Å². The minimum absolute atomic E-state index is 0.107. The van der Waals surface area contributed by atoms with Crippen molar-refractivity contribution in [3.63, 3.8) is 0 Å². The lowest BCUT2D eigenvalue weighted by atomic mass is 10.3. The summed E-state index contributed by atoms with van der Waals surface area (Å²) in [5.41, 5.74) is 12.7. The van der Waals surface area contributed by atoms with Gasteiger partial charge in [-0.15, -0.1) is 11.3 Å². The molecule has 0 unspecified atom stereocenters. The van der Waals surface area contributed by atoms with Crippen LogP contribution in [0.2, 0.25) is 0 Å². The number of anilines is 1. The topological polar surface area (TPSA) is 101 Å². The van der Waals surface area contributed by atoms with E-state index in [4.69, 9.17) is 16.3 Å². The molecule has 0 aliphatic rings. The van der Waals surface area contributed by atoms with E-state index in [0.717, 1.165) is 12.8 Å². The molecule has 0 atom stereocenters. The van der Waals surface area contributed by atoms with Gasteiger partial charge in [0.15, 0.2) is 10.8 Å². The summed E-state index contributed by atoms with van der Waals surface area (Å²) in [6.07, 6.45) is 1.82. The molecule has 1 aromatic rings. The van der Waals surface area contributed by atoms with Crippen molar-refractivity contribution in [2.24, 2.45) is 5.16 Å². The Morgan fingerprint density at radius 2 is 2.50 bits per heavy atom. The number of unbranched alkanes of at least 4 members (excludes halogenated alkanes) is 1. The quantitative estimate of drug-likeness (QED) is 0.457. The van der Waals surface area contributed by atoms with Gasteiger partial charge in [0.1, 0.15) is 12.3 Å². The van der Waals surface area contributed by atoms with Gasteiger partial charge in [-0.3, -0.25) is 10.5 Å². The zero-order valence-electron chi connectivity index (χ0n) is 8.90. The number of nitrogens with two attached hydrogens (primary N) is 1. The van der Waals surface area contributed by atoms with Crippen molar-refractivity contribution in [1.29, 1.82) is 0 Å². The first-order chi connectivity index (χ1) is 7.65. The summed E-state index contributed by atoms with van der Waals surface area (Å²) >= 11 is 1.19. The second-order valence-electron chi connectivity index (χ2n) is 3.03. The van der Waals surface area contributed by atoms with Crippen LogP contribution in [0.4, 0.5) is 5.13 Å². The van der Waals surface area contributed by atoms with Crippen LogP contribution in [0.15, 0.2) is 10.5 Å². The third kappa shape index (κ3) is 3.50. The maximum absolute atomic E-state index is 11.0. The summed E-state index contributed by atoms with van der Waals surface area (Å²) in [4.78, 5) is 19.8. The molecule has 7 heteroatoms. The number of thiazole rings is 1. The Morgan fingerprint density at radius 3 is 3.00 bits per heavy atom. The van der Waals surface area contributed by atoms with E-state index in [0.29, 0.717) is 17.4 Å². The molecule has 0 aliphatic carbocycles. The molecule has 0 fully saturated rings. The monoisotopic (exact) mass is 241 g/mol. The average Bonchev–Trinajstić information content (AvgIpc) is 2.64. The van der Waals surface area contributed by atoms with Gasteiger partial charge in [-0.2, -0.15) is 0 Å². The Morgan fingerprint density at radius 1 is 1.75 bits per heavy atom. The van der Waals surface area contributed by atoms with Crippen LogP contribution in [-0.2, 0) is 9.63 Å². The lowest BCUT2D eigenvalue weighted by molar-refractivity contribution is -0.112. The third-order valence-corrected chi connectivity index (χ3v) is 2.40. The van der Waals surface area contributed by atoms with Gasteiger partial charge in [0, 0.05) is 5.38 Å². The number of rotatable bonds is 6. The van der Waals surface area contributed by atoms with Crippen LogP contribution < -0.4 is 11.5 Å². The van der Waals surface area contributed by atoms with Crippen LogP contribution in [0.1, 0.15) is 25.5 Å². The van der Waals surface area contributed by atoms with Gasteiger partial charge in [0.25, 0.3) is 5.91 Å². The highest BCUT2D eigenvalue weighted by molar-refractivity contribution is 7.13. The number of carbonyl (C=O) groups excluding carboxylic acids is 1. The van der Waals surface area contributed by atoms with Gasteiger partial charge in [0.2, 0.25) is 0 Å². The summed E-state index contributed by atoms with van der Waals surface area (Å²) in [6, 6.07) is 0. The Bertz CT molecular complexity index is 389. The molecule has 0 aliphatic heterocycles. The van der Waals surface area contributed by atoms with Crippen LogP contribution in [0.25, 0.3) is 0 Å². The lowest BCUT2D eigenvalue weighted by Gasteiger charge is -1.99. The molecule has 1 aromatic heterocycles. The van der Waals surface area contributed by atoms with Crippen molar-refractivity contribution >= 4 is 28.1 Å². The predicted molar refractivity (Wildman–Crippen MR) is 62.0 cm³/mol. The first kappa shape index (κ1) is 12.4. The molecular weight excluding hydrogens is 228 g/mol. The van der Waals surface area contributed by atoms with Gasteiger partial charge in [-0.1, -0.05) is 18.5 Å². The number of nitrogens with zero attached hydrogens (tertiary/aromatic N) is 2. The predicted octanol–water partition coefficient (Wildman–Crippen LogP) is 1.06. The fourth-order valence-corrected chi connectivity index (χ4v) is 1.47. The van der Waals surface area contributed by atoms with E-state index in [1.165, 1.54) is 11.3 Å². The van der Waals surface area contributed by atoms with Crippen molar-refractivity contribution in [3.8, 4) is 0 Å². The zero-order valence-corrected chi connectivity index (χ0v) is 9.71. The number of hydrogen-bond donors (Lipinski definition) is 1. The SMILES string of the molecule is CCCCON=C(C([NH])=O)c1csc(N)n1. The maximum atomic E-state index is 11.0. The summed E-state index contributed by atoms with van der Waals surface area (Å²) in [5.74, 6) is -0.929. The highest BCUT2D eigenvalue weighted by Crippen LogP contribution is 2.12. The molecule has 1 rings (SSSR count). The zero-order chi connectivity index (χ0) is 12.0. The van der Waals surface area contributed by atoms with Crippen molar-refractivity contribution < 1.29 is 9.63 Å². The van der Waals surface area contributed by atoms with E-state index in [9.17, 15) is 4.79 Å². The number of carbonyl (C=O) groups is 1. The van der Waals surface area contributed by atoms with Gasteiger partial charge in [-0.25, -0.2) is 4.98 Å². The normalized spacial score (nSPS) is 11.4. The van der Waals surface area contributed by atoms with E-state index >= 15 is 0 Å². The van der Waals surface area contributed by atoms with Crippen LogP contribution in [-0.4, -0.2) is 23.2 Å². The smallest absolute Gasteiger partial charge is 0.294 e. The van der Waals surface area contributed by atoms with Crippen LogP contribution in [0, 0.1) is 0 Å². The second-order valence-corrected chi connectivity index (χ2v) is 3.92. The van der Waals surface area contributed by atoms with Crippen LogP contribution in [0.5, 0.6) is 0 Å². The summed E-state index contributed by atoms with van der Waals surface area (Å²) in [6.45, 7) is 2.44. The molecule has 87 valence electrons. The Labute approximate surface area is 97.3 Å². The Balaban J connectivity index is 2.71. The minimum Gasteiger partial charge on any atom is -0.395 e. The Kier molecular flexibility index (Phi) is 4.71. The number of amides is 1. The molecule has 1 amide bonds. The first-order valence-electron chi connectivity index (χ1n) is 4.82. The lowest BCUT2D eigenvalue weighted by Crippen LogP contribution is -2.17. The Hall–Kier alpha value is -1.63. The number of nitrogen functional groups attached to an aromatic ring is 1. The van der Waals surface area contributed by atoms with E-state index in [1.54, 1.807) is 5.38 Å². The molecule has 0 aromatic carbocycles. The molecule has 16 heavy (non-hydrogen) atoms. The number of oxime groups is 1. The molecule has 6 nitrogen and oxygen atoms in total. The highest BCUT2D eigenvalue weighted by Gasteiger charge is 2.15. The second kappa shape index (κ2) is 6.06. The summed E-state index contributed by atoms with van der Waals surface area (Å²) in [7, 11) is 0. The summed E-state index contributed by atoms with van der Waals surface area (Å²) < 4.78 is 0. The van der Waals surface area contributed by atoms with E-state index in [1.807, 2.05) is 6.92 Å². The molecule has 3 N–H and O–H groups in total. The number of aromatic nitrogens is 1. The molecular formula is C9H13N4O2S. The fourth-order valence-electron chi connectivity index (χ4n) is 0.920. The van der Waals surface area contributed by atoms with Crippen LogP contribution >= 0.6 is 11.3 Å². The molecule has 1 heterocycles. The van der Waals surface area contributed by atoms with E-state index < -0.39 is 5.91 Å². The minimum atomic E-state index is -0.929. The van der Waals surface area contributed by atoms with E-state index in [-0.39, 0.29) is 5.71 Å². The summed E-state index contributed by atoms with van der Waals surface area (Å²) in [5, 5.41) is 5.52. The molecule has 0 saturated heterocycles. The van der Waals surface area contributed by atoms with Crippen molar-refractivity contribution in [2.75, 3.05) is 12.3 Å². The molecule has 0 spiro atoms. The maximum Gasteiger partial charge on any atom is 0.294 e. The van der Waals surface area contributed by atoms with E-state index in [2.05, 4.69) is 10.1 Å². The molecule has 0 saturated carbocycles. The van der Waals surface area contributed by atoms with Crippen LogP contribution in [0.3, 0.4) is 0 Å². The van der Waals surface area contributed by atoms with Crippen molar-refractivity contribution in [1.82, 2.24) is 10.7 Å². The standard InChI is InChI=1S/C9H13N4O2S/c1-2-3-4-15-13-7(8(10)14)6-5-16-9(11)12-6/h5,10H,2-4H2,1H3,(H2,11,12). The van der Waals surface area contributed by atoms with Gasteiger partial charge in [0.05, 0.1) is 0 Å². The first-order valence-corrected chi connectivity index (χ1v) is 5.70. The third-order valence-electron chi connectivity index (χ3n) is 1.72. The van der Waals surface area contributed by atoms with Gasteiger partial charge < -0.3 is 10.6 Å². The highest BCUT2D eigenvalue weighted by atomic mass is 32.1. The van der Waals surface area contributed by atoms with Crippen molar-refractivity contribution in [3.05, 3.63) is 11.1 Å². The molecule has 0 bridgehead atoms. The average molecular weight is 241 g/mol. The fraction of sp³-hybridized carbons (Fsp3) is 0.444. The van der Waals surface area contributed by atoms with Gasteiger partial charge in [-0.05, 0) is 6.42 Å². The molecule has 1 radical (unpaired) electrons. The number of hydrogen-bond acceptors (Lipinski definition) is 6.